The Kier molecular flexibility index (Phi) is 8.48. The number of aliphatic hydroxyl groups is 6. The quantitative estimate of drug-likeness (QED) is 0.173. The Morgan fingerprint density at radius 3 is 2.19 bits per heavy atom. The maximum absolute atomic E-state index is 12.8. The van der Waals surface area contributed by atoms with Crippen molar-refractivity contribution in [2.45, 2.75) is 80.9 Å². The molecule has 1 unspecified atom stereocenters. The highest BCUT2D eigenvalue weighted by molar-refractivity contribution is 6.02. The van der Waals surface area contributed by atoms with Gasteiger partial charge < -0.3 is 69.6 Å². The molecule has 0 aliphatic carbocycles. The monoisotopic (exact) mass is 596 g/mol. The van der Waals surface area contributed by atoms with Gasteiger partial charge in [-0.3, -0.25) is 4.79 Å². The van der Waals surface area contributed by atoms with Crippen molar-refractivity contribution in [3.8, 4) is 28.7 Å². The van der Waals surface area contributed by atoms with E-state index in [-0.39, 0.29) is 29.2 Å². The van der Waals surface area contributed by atoms with Crippen LogP contribution >= 0.6 is 0 Å². The van der Waals surface area contributed by atoms with Crippen LogP contribution in [-0.4, -0.2) is 120 Å². The van der Waals surface area contributed by atoms with Crippen molar-refractivity contribution in [1.29, 1.82) is 0 Å². The van der Waals surface area contributed by atoms with E-state index in [0.717, 1.165) is 6.07 Å². The van der Waals surface area contributed by atoms with Crippen molar-refractivity contribution in [3.63, 3.8) is 0 Å². The summed E-state index contributed by atoms with van der Waals surface area (Å²) in [7, 11) is 0. The van der Waals surface area contributed by atoms with Gasteiger partial charge in [-0.25, -0.2) is 0 Å². The minimum Gasteiger partial charge on any atom is -0.507 e. The van der Waals surface area contributed by atoms with E-state index < -0.39 is 91.4 Å². The van der Waals surface area contributed by atoms with Crippen LogP contribution in [0.3, 0.4) is 0 Å². The van der Waals surface area contributed by atoms with E-state index in [0.29, 0.717) is 5.56 Å². The van der Waals surface area contributed by atoms with Gasteiger partial charge in [0.05, 0.1) is 19.1 Å². The van der Waals surface area contributed by atoms with Gasteiger partial charge in [0.1, 0.15) is 71.6 Å². The number of aromatic hydroxyl groups is 3. The molecular weight excluding hydrogens is 564 g/mol. The summed E-state index contributed by atoms with van der Waals surface area (Å²) < 4.78 is 27.9. The topological polar surface area (TPSA) is 245 Å². The molecular formula is C27H32O15. The third-order valence-corrected chi connectivity index (χ3v) is 7.50. The van der Waals surface area contributed by atoms with Crippen LogP contribution in [0.25, 0.3) is 0 Å². The molecule has 9 N–H and O–H groups in total. The largest absolute Gasteiger partial charge is 0.507 e. The van der Waals surface area contributed by atoms with Gasteiger partial charge in [0, 0.05) is 12.1 Å². The lowest BCUT2D eigenvalue weighted by atomic mass is 9.95. The minimum absolute atomic E-state index is 0.0807. The average molecular weight is 597 g/mol. The second-order valence-corrected chi connectivity index (χ2v) is 10.4. The number of aliphatic hydroxyl groups excluding tert-OH is 6. The Morgan fingerprint density at radius 1 is 0.786 bits per heavy atom. The Morgan fingerprint density at radius 2 is 1.48 bits per heavy atom. The molecule has 42 heavy (non-hydrogen) atoms. The fourth-order valence-corrected chi connectivity index (χ4v) is 5.04. The van der Waals surface area contributed by atoms with Gasteiger partial charge in [-0.05, 0) is 24.6 Å². The molecule has 0 spiro atoms. The molecule has 5 rings (SSSR count). The number of phenols is 3. The molecule has 0 amide bonds. The fourth-order valence-electron chi connectivity index (χ4n) is 5.04. The predicted molar refractivity (Wildman–Crippen MR) is 136 cm³/mol. The Balaban J connectivity index is 1.30. The zero-order valence-corrected chi connectivity index (χ0v) is 22.1. The van der Waals surface area contributed by atoms with Gasteiger partial charge in [0.25, 0.3) is 0 Å². The average Bonchev–Trinajstić information content (AvgIpc) is 2.95. The van der Waals surface area contributed by atoms with Crippen molar-refractivity contribution in [3.05, 3.63) is 41.5 Å². The summed E-state index contributed by atoms with van der Waals surface area (Å²) in [5.74, 6) is -1.96. The lowest BCUT2D eigenvalue weighted by Gasteiger charge is -2.42. The Bertz CT molecular complexity index is 1300. The van der Waals surface area contributed by atoms with Crippen LogP contribution in [0.1, 0.15) is 35.4 Å². The number of benzene rings is 2. The summed E-state index contributed by atoms with van der Waals surface area (Å²) in [5, 5.41) is 91.3. The normalized spacial score (nSPS) is 36.6. The standard InChI is InChI=1S/C27H32O15/c1-9-20(32)22(34)24(36)26(39-9)38-8-18-21(33)23(35)25(37)27(42-18)40-11-5-14(30)19-15(31)7-16(41-17(19)6-11)10-2-3-12(28)13(29)4-10/h2-6,9,16,18,20-30,32-37H,7-8H2,1H3/t9-,16-,18+,20-,21+,22+,23-,24+,25+,26-,27?/m0/s1. The molecule has 11 atom stereocenters. The third kappa shape index (κ3) is 5.70. The van der Waals surface area contributed by atoms with E-state index in [9.17, 15) is 50.8 Å². The van der Waals surface area contributed by atoms with Crippen molar-refractivity contribution in [2.75, 3.05) is 6.61 Å². The zero-order chi connectivity index (χ0) is 30.5. The third-order valence-electron chi connectivity index (χ3n) is 7.50. The minimum atomic E-state index is -1.78. The molecule has 15 heteroatoms. The van der Waals surface area contributed by atoms with Gasteiger partial charge in [0.2, 0.25) is 6.29 Å². The molecule has 0 radical (unpaired) electrons. The van der Waals surface area contributed by atoms with Crippen LogP contribution in [0.4, 0.5) is 0 Å². The molecule has 2 fully saturated rings. The van der Waals surface area contributed by atoms with Crippen LogP contribution in [-0.2, 0) is 14.2 Å². The first kappa shape index (κ1) is 30.2. The molecule has 0 bridgehead atoms. The van der Waals surface area contributed by atoms with E-state index in [1.54, 1.807) is 0 Å². The van der Waals surface area contributed by atoms with Crippen molar-refractivity contribution in [2.24, 2.45) is 0 Å². The van der Waals surface area contributed by atoms with E-state index in [4.69, 9.17) is 23.7 Å². The summed E-state index contributed by atoms with van der Waals surface area (Å²) in [6.07, 6.45) is -16.1. The van der Waals surface area contributed by atoms with Crippen molar-refractivity contribution in [1.82, 2.24) is 0 Å². The lowest BCUT2D eigenvalue weighted by Crippen LogP contribution is -2.61. The number of hydrogen-bond donors (Lipinski definition) is 9. The van der Waals surface area contributed by atoms with Crippen LogP contribution < -0.4 is 9.47 Å². The number of ketones is 1. The molecule has 2 saturated heterocycles. The number of rotatable bonds is 6. The van der Waals surface area contributed by atoms with Crippen LogP contribution in [0.5, 0.6) is 28.7 Å². The van der Waals surface area contributed by atoms with Crippen LogP contribution in [0.15, 0.2) is 30.3 Å². The molecule has 3 aliphatic heterocycles. The summed E-state index contributed by atoms with van der Waals surface area (Å²) >= 11 is 0. The summed E-state index contributed by atoms with van der Waals surface area (Å²) in [4.78, 5) is 12.8. The summed E-state index contributed by atoms with van der Waals surface area (Å²) in [6, 6.07) is 6.26. The summed E-state index contributed by atoms with van der Waals surface area (Å²) in [5.41, 5.74) is 0.255. The molecule has 15 nitrogen and oxygen atoms in total. The maximum atomic E-state index is 12.8. The van der Waals surface area contributed by atoms with Gasteiger partial charge in [0.15, 0.2) is 23.6 Å². The smallest absolute Gasteiger partial charge is 0.229 e. The number of carbonyl (C=O) groups is 1. The predicted octanol–water partition coefficient (Wildman–Crippen LogP) is -1.46. The number of phenolic OH excluding ortho intramolecular Hbond substituents is 3. The second kappa shape index (κ2) is 11.8. The molecule has 3 aliphatic rings. The van der Waals surface area contributed by atoms with E-state index in [1.165, 1.54) is 31.2 Å². The van der Waals surface area contributed by atoms with E-state index in [2.05, 4.69) is 0 Å². The summed E-state index contributed by atoms with van der Waals surface area (Å²) in [6.45, 7) is 0.949. The molecule has 2 aromatic carbocycles. The highest BCUT2D eigenvalue weighted by atomic mass is 16.7. The highest BCUT2D eigenvalue weighted by Crippen LogP contribution is 2.43. The first-order chi connectivity index (χ1) is 19.8. The second-order valence-electron chi connectivity index (χ2n) is 10.4. The molecule has 0 saturated carbocycles. The highest BCUT2D eigenvalue weighted by Gasteiger charge is 2.47. The molecule has 230 valence electrons. The number of hydrogen-bond acceptors (Lipinski definition) is 15. The fraction of sp³-hybridized carbons (Fsp3) is 0.519. The first-order valence-corrected chi connectivity index (χ1v) is 13.1. The Labute approximate surface area is 238 Å². The number of carbonyl (C=O) groups excluding carboxylic acids is 1. The van der Waals surface area contributed by atoms with Crippen LogP contribution in [0, 0.1) is 0 Å². The van der Waals surface area contributed by atoms with Crippen molar-refractivity contribution >= 4 is 5.78 Å². The lowest BCUT2D eigenvalue weighted by molar-refractivity contribution is -0.318. The number of ether oxygens (including phenoxy) is 5. The van der Waals surface area contributed by atoms with Gasteiger partial charge in [-0.2, -0.15) is 0 Å². The maximum Gasteiger partial charge on any atom is 0.229 e. The van der Waals surface area contributed by atoms with E-state index in [1.807, 2.05) is 0 Å². The molecule has 2 aromatic rings. The van der Waals surface area contributed by atoms with Gasteiger partial charge >= 0.3 is 0 Å². The van der Waals surface area contributed by atoms with Crippen LogP contribution in [0.2, 0.25) is 0 Å². The van der Waals surface area contributed by atoms with Gasteiger partial charge in [-0.1, -0.05) is 6.07 Å². The molecule has 0 aromatic heterocycles. The van der Waals surface area contributed by atoms with Gasteiger partial charge in [-0.15, -0.1) is 0 Å². The van der Waals surface area contributed by atoms with E-state index >= 15 is 0 Å². The first-order valence-electron chi connectivity index (χ1n) is 13.1. The van der Waals surface area contributed by atoms with Crippen molar-refractivity contribution < 1.29 is 74.4 Å². The SMILES string of the molecule is C[C@@H]1O[C@H](OC[C@H]2OC(Oc3cc(O)c4c(c3)O[C@H](c3ccc(O)c(O)c3)CC4=O)[C@H](O)[C@@H](O)[C@@H]2O)[C@H](O)[C@H](O)[C@H]1O. The zero-order valence-electron chi connectivity index (χ0n) is 22.1. The number of fused-ring (bicyclic) bond motifs is 1. The molecule has 3 heterocycles. The number of Topliss-reactive ketones (excluding diaryl/α,β-unsaturated/α-hetero) is 1. The Hall–Kier alpha value is -3.25.